The topological polar surface area (TPSA) is 24.5 Å². The standard InChI is InChI=1S/C15H22N2O/c1-17(11-14-3-2-8-18-14)10-12-4-5-15-13(9-12)6-7-16-15/h4-5,9,14,16H,2-3,6-8,10-11H2,1H3. The number of nitrogens with zero attached hydrogens (tertiary/aromatic N) is 1. The quantitative estimate of drug-likeness (QED) is 0.882. The van der Waals surface area contributed by atoms with Crippen LogP contribution in [0.4, 0.5) is 5.69 Å². The van der Waals surface area contributed by atoms with Crippen LogP contribution in [-0.2, 0) is 17.7 Å². The fourth-order valence-corrected chi connectivity index (χ4v) is 2.97. The molecule has 1 fully saturated rings. The van der Waals surface area contributed by atoms with Crippen LogP contribution >= 0.6 is 0 Å². The number of likely N-dealkylation sites (N-methyl/N-ethyl adjacent to an activating group) is 1. The Bertz CT molecular complexity index is 413. The van der Waals surface area contributed by atoms with E-state index in [-0.39, 0.29) is 0 Å². The van der Waals surface area contributed by atoms with Crippen LogP contribution in [0.15, 0.2) is 18.2 Å². The van der Waals surface area contributed by atoms with Crippen molar-refractivity contribution in [3.8, 4) is 0 Å². The molecular weight excluding hydrogens is 224 g/mol. The van der Waals surface area contributed by atoms with E-state index < -0.39 is 0 Å². The van der Waals surface area contributed by atoms with Crippen LogP contribution < -0.4 is 5.32 Å². The molecule has 0 bridgehead atoms. The Morgan fingerprint density at radius 3 is 3.22 bits per heavy atom. The fourth-order valence-electron chi connectivity index (χ4n) is 2.97. The largest absolute Gasteiger partial charge is 0.384 e. The molecule has 1 unspecified atom stereocenters. The second-order valence-corrected chi connectivity index (χ2v) is 5.50. The lowest BCUT2D eigenvalue weighted by molar-refractivity contribution is 0.0793. The van der Waals surface area contributed by atoms with Crippen molar-refractivity contribution in [2.45, 2.75) is 31.9 Å². The van der Waals surface area contributed by atoms with Gasteiger partial charge >= 0.3 is 0 Å². The van der Waals surface area contributed by atoms with Crippen molar-refractivity contribution in [3.05, 3.63) is 29.3 Å². The molecule has 2 heterocycles. The zero-order valence-corrected chi connectivity index (χ0v) is 11.1. The van der Waals surface area contributed by atoms with Gasteiger partial charge in [0, 0.05) is 31.9 Å². The average Bonchev–Trinajstić information content (AvgIpc) is 2.98. The summed E-state index contributed by atoms with van der Waals surface area (Å²) in [6.07, 6.45) is 4.06. The molecule has 0 radical (unpaired) electrons. The highest BCUT2D eigenvalue weighted by Gasteiger charge is 2.17. The summed E-state index contributed by atoms with van der Waals surface area (Å²) in [5, 5.41) is 3.41. The van der Waals surface area contributed by atoms with Crippen molar-refractivity contribution in [1.29, 1.82) is 0 Å². The predicted molar refractivity (Wildman–Crippen MR) is 73.9 cm³/mol. The highest BCUT2D eigenvalue weighted by molar-refractivity contribution is 5.56. The molecule has 0 amide bonds. The summed E-state index contributed by atoms with van der Waals surface area (Å²) in [6, 6.07) is 6.81. The van der Waals surface area contributed by atoms with Crippen molar-refractivity contribution in [3.63, 3.8) is 0 Å². The van der Waals surface area contributed by atoms with E-state index in [0.717, 1.165) is 26.2 Å². The highest BCUT2D eigenvalue weighted by atomic mass is 16.5. The van der Waals surface area contributed by atoms with Crippen molar-refractivity contribution in [2.24, 2.45) is 0 Å². The lowest BCUT2D eigenvalue weighted by Crippen LogP contribution is -2.28. The Morgan fingerprint density at radius 2 is 2.39 bits per heavy atom. The molecule has 1 saturated heterocycles. The third-order valence-electron chi connectivity index (χ3n) is 3.87. The van der Waals surface area contributed by atoms with Gasteiger partial charge in [-0.3, -0.25) is 4.90 Å². The molecule has 3 heteroatoms. The van der Waals surface area contributed by atoms with E-state index in [1.165, 1.54) is 36.1 Å². The summed E-state index contributed by atoms with van der Waals surface area (Å²) in [5.41, 5.74) is 4.21. The summed E-state index contributed by atoms with van der Waals surface area (Å²) in [5.74, 6) is 0. The fraction of sp³-hybridized carbons (Fsp3) is 0.600. The van der Waals surface area contributed by atoms with E-state index in [1.807, 2.05) is 0 Å². The molecule has 1 N–H and O–H groups in total. The van der Waals surface area contributed by atoms with Crippen molar-refractivity contribution < 1.29 is 4.74 Å². The molecule has 98 valence electrons. The summed E-state index contributed by atoms with van der Waals surface area (Å²) in [4.78, 5) is 2.38. The molecule has 0 spiro atoms. The Morgan fingerprint density at radius 1 is 1.44 bits per heavy atom. The van der Waals surface area contributed by atoms with Crippen LogP contribution in [0.3, 0.4) is 0 Å². The lowest BCUT2D eigenvalue weighted by atomic mass is 10.1. The Hall–Kier alpha value is -1.06. The number of hydrogen-bond donors (Lipinski definition) is 1. The Kier molecular flexibility index (Phi) is 3.52. The van der Waals surface area contributed by atoms with E-state index >= 15 is 0 Å². The summed E-state index contributed by atoms with van der Waals surface area (Å²) in [6.45, 7) is 4.11. The first-order valence-corrected chi connectivity index (χ1v) is 6.97. The van der Waals surface area contributed by atoms with Gasteiger partial charge in [0.05, 0.1) is 6.10 Å². The first-order valence-electron chi connectivity index (χ1n) is 6.97. The first-order chi connectivity index (χ1) is 8.81. The molecule has 0 aliphatic carbocycles. The van der Waals surface area contributed by atoms with Gasteiger partial charge in [0.25, 0.3) is 0 Å². The van der Waals surface area contributed by atoms with Crippen molar-refractivity contribution in [1.82, 2.24) is 4.90 Å². The lowest BCUT2D eigenvalue weighted by Gasteiger charge is -2.20. The van der Waals surface area contributed by atoms with E-state index in [1.54, 1.807) is 0 Å². The van der Waals surface area contributed by atoms with Crippen LogP contribution in [-0.4, -0.2) is 37.7 Å². The zero-order chi connectivity index (χ0) is 12.4. The van der Waals surface area contributed by atoms with E-state index in [0.29, 0.717) is 6.10 Å². The highest BCUT2D eigenvalue weighted by Crippen LogP contribution is 2.23. The molecule has 2 aliphatic heterocycles. The molecule has 0 saturated carbocycles. The van der Waals surface area contributed by atoms with Gasteiger partial charge in [0.15, 0.2) is 0 Å². The third kappa shape index (κ3) is 2.68. The predicted octanol–water partition coefficient (Wildman–Crippen LogP) is 2.27. The van der Waals surface area contributed by atoms with Gasteiger partial charge in [-0.05, 0) is 43.5 Å². The smallest absolute Gasteiger partial charge is 0.0702 e. The minimum absolute atomic E-state index is 0.450. The monoisotopic (exact) mass is 246 g/mol. The molecule has 18 heavy (non-hydrogen) atoms. The average molecular weight is 246 g/mol. The van der Waals surface area contributed by atoms with Crippen LogP contribution in [0.25, 0.3) is 0 Å². The maximum atomic E-state index is 5.68. The number of anilines is 1. The van der Waals surface area contributed by atoms with Gasteiger partial charge in [-0.1, -0.05) is 12.1 Å². The normalized spacial score (nSPS) is 22.2. The molecule has 3 rings (SSSR count). The van der Waals surface area contributed by atoms with Gasteiger partial charge in [-0.25, -0.2) is 0 Å². The maximum Gasteiger partial charge on any atom is 0.0702 e. The molecule has 1 aromatic carbocycles. The van der Waals surface area contributed by atoms with Gasteiger partial charge in [-0.15, -0.1) is 0 Å². The number of benzene rings is 1. The minimum Gasteiger partial charge on any atom is -0.384 e. The number of hydrogen-bond acceptors (Lipinski definition) is 3. The minimum atomic E-state index is 0.450. The number of fused-ring (bicyclic) bond motifs is 1. The SMILES string of the molecule is CN(Cc1ccc2c(c1)CCN2)CC1CCCO1. The first kappa shape index (κ1) is 12.0. The van der Waals surface area contributed by atoms with Crippen molar-refractivity contribution >= 4 is 5.69 Å². The second-order valence-electron chi connectivity index (χ2n) is 5.50. The van der Waals surface area contributed by atoms with Crippen molar-refractivity contribution in [2.75, 3.05) is 32.1 Å². The van der Waals surface area contributed by atoms with Crippen LogP contribution in [0, 0.1) is 0 Å². The van der Waals surface area contributed by atoms with Gasteiger partial charge in [0.2, 0.25) is 0 Å². The van der Waals surface area contributed by atoms with E-state index in [4.69, 9.17) is 4.74 Å². The second kappa shape index (κ2) is 5.29. The van der Waals surface area contributed by atoms with Crippen LogP contribution in [0.1, 0.15) is 24.0 Å². The molecule has 2 aliphatic rings. The Labute approximate surface area is 109 Å². The zero-order valence-electron chi connectivity index (χ0n) is 11.1. The summed E-state index contributed by atoms with van der Waals surface area (Å²) < 4.78 is 5.68. The third-order valence-corrected chi connectivity index (χ3v) is 3.87. The van der Waals surface area contributed by atoms with Crippen LogP contribution in [0.5, 0.6) is 0 Å². The summed E-state index contributed by atoms with van der Waals surface area (Å²) >= 11 is 0. The molecule has 3 nitrogen and oxygen atoms in total. The van der Waals surface area contributed by atoms with E-state index in [9.17, 15) is 0 Å². The molecule has 0 aromatic heterocycles. The number of ether oxygens (including phenoxy) is 1. The van der Waals surface area contributed by atoms with Gasteiger partial charge < -0.3 is 10.1 Å². The van der Waals surface area contributed by atoms with Gasteiger partial charge in [-0.2, -0.15) is 0 Å². The number of nitrogens with one attached hydrogen (secondary N) is 1. The molecule has 1 aromatic rings. The summed E-state index contributed by atoms with van der Waals surface area (Å²) in [7, 11) is 2.19. The van der Waals surface area contributed by atoms with Gasteiger partial charge in [0.1, 0.15) is 0 Å². The molecular formula is C15H22N2O. The van der Waals surface area contributed by atoms with Crippen LogP contribution in [0.2, 0.25) is 0 Å². The Balaban J connectivity index is 1.58. The maximum absolute atomic E-state index is 5.68. The molecule has 1 atom stereocenters. The van der Waals surface area contributed by atoms with E-state index in [2.05, 4.69) is 35.5 Å². The number of rotatable bonds is 4.